The zero-order valence-corrected chi connectivity index (χ0v) is 11.8. The number of nitrogens with two attached hydrogens (primary N) is 1. The molecule has 2 rings (SSSR count). The molecule has 1 aliphatic rings. The average molecular weight is 261 g/mol. The van der Waals surface area contributed by atoms with Crippen LogP contribution in [-0.4, -0.2) is 48.9 Å². The molecule has 0 bridgehead atoms. The smallest absolute Gasteiger partial charge is 0.227 e. The largest absolute Gasteiger partial charge is 0.398 e. The fourth-order valence-electron chi connectivity index (χ4n) is 2.57. The zero-order valence-electron chi connectivity index (χ0n) is 11.8. The molecule has 4 heteroatoms. The molecule has 0 spiro atoms. The first-order valence-corrected chi connectivity index (χ1v) is 6.85. The summed E-state index contributed by atoms with van der Waals surface area (Å²) in [5, 5.41) is 0. The predicted octanol–water partition coefficient (Wildman–Crippen LogP) is 1.36. The van der Waals surface area contributed by atoms with Crippen LogP contribution in [0.1, 0.15) is 18.4 Å². The summed E-state index contributed by atoms with van der Waals surface area (Å²) < 4.78 is 0. The second kappa shape index (κ2) is 6.06. The Hall–Kier alpha value is -1.55. The molecule has 0 aliphatic carbocycles. The van der Waals surface area contributed by atoms with Crippen LogP contribution in [0.4, 0.5) is 5.69 Å². The van der Waals surface area contributed by atoms with Crippen LogP contribution >= 0.6 is 0 Å². The topological polar surface area (TPSA) is 49.6 Å². The molecule has 1 amide bonds. The maximum Gasteiger partial charge on any atom is 0.227 e. The number of nitrogen functional groups attached to an aromatic ring is 1. The normalized spacial score (nSPS) is 17.4. The van der Waals surface area contributed by atoms with E-state index in [9.17, 15) is 4.79 Å². The molecule has 0 saturated carbocycles. The Bertz CT molecular complexity index is 439. The second-order valence-corrected chi connectivity index (χ2v) is 5.41. The summed E-state index contributed by atoms with van der Waals surface area (Å²) in [4.78, 5) is 16.5. The number of benzene rings is 1. The monoisotopic (exact) mass is 261 g/mol. The van der Waals surface area contributed by atoms with Gasteiger partial charge in [0.2, 0.25) is 5.91 Å². The first-order valence-electron chi connectivity index (χ1n) is 6.85. The van der Waals surface area contributed by atoms with Crippen molar-refractivity contribution in [2.24, 2.45) is 0 Å². The van der Waals surface area contributed by atoms with Gasteiger partial charge in [-0.25, -0.2) is 0 Å². The molecular weight excluding hydrogens is 238 g/mol. The Kier molecular flexibility index (Phi) is 4.43. The summed E-state index contributed by atoms with van der Waals surface area (Å²) in [6.07, 6.45) is 2.52. The number of hydrogen-bond acceptors (Lipinski definition) is 3. The minimum Gasteiger partial charge on any atom is -0.398 e. The van der Waals surface area contributed by atoms with Gasteiger partial charge in [-0.05, 0) is 44.6 Å². The van der Waals surface area contributed by atoms with Gasteiger partial charge in [0, 0.05) is 18.8 Å². The number of piperidine rings is 1. The number of nitrogens with zero attached hydrogens (tertiary/aromatic N) is 2. The van der Waals surface area contributed by atoms with Crippen molar-refractivity contribution >= 4 is 11.6 Å². The van der Waals surface area contributed by atoms with Gasteiger partial charge in [0.05, 0.1) is 6.42 Å². The lowest BCUT2D eigenvalue weighted by Gasteiger charge is -2.35. The molecule has 1 heterocycles. The molecule has 0 aromatic heterocycles. The lowest BCUT2D eigenvalue weighted by Crippen LogP contribution is -2.45. The number of likely N-dealkylation sites (tertiary alicyclic amines) is 1. The maximum atomic E-state index is 12.3. The van der Waals surface area contributed by atoms with Crippen LogP contribution < -0.4 is 5.73 Å². The van der Waals surface area contributed by atoms with Crippen molar-refractivity contribution in [2.75, 3.05) is 32.9 Å². The highest BCUT2D eigenvalue weighted by Crippen LogP contribution is 2.17. The van der Waals surface area contributed by atoms with Crippen LogP contribution in [0, 0.1) is 0 Å². The standard InChI is InChI=1S/C15H23N3O/c1-17-9-7-13(8-10-17)18(2)15(19)11-12-5-3-4-6-14(12)16/h3-6,13H,7-11,16H2,1-2H3. The summed E-state index contributed by atoms with van der Waals surface area (Å²) in [6, 6.07) is 7.96. The summed E-state index contributed by atoms with van der Waals surface area (Å²) in [5.74, 6) is 0.160. The third kappa shape index (κ3) is 3.47. The van der Waals surface area contributed by atoms with Gasteiger partial charge in [-0.1, -0.05) is 18.2 Å². The van der Waals surface area contributed by atoms with Gasteiger partial charge in [0.1, 0.15) is 0 Å². The van der Waals surface area contributed by atoms with Crippen LogP contribution in [0.5, 0.6) is 0 Å². The van der Waals surface area contributed by atoms with Gasteiger partial charge in [-0.15, -0.1) is 0 Å². The van der Waals surface area contributed by atoms with Gasteiger partial charge in [0.15, 0.2) is 0 Å². The Balaban J connectivity index is 1.94. The Labute approximate surface area is 115 Å². The maximum absolute atomic E-state index is 12.3. The molecule has 1 saturated heterocycles. The Morgan fingerprint density at radius 3 is 2.63 bits per heavy atom. The van der Waals surface area contributed by atoms with E-state index in [1.54, 1.807) is 0 Å². The van der Waals surface area contributed by atoms with Crippen LogP contribution in [0.3, 0.4) is 0 Å². The van der Waals surface area contributed by atoms with Crippen molar-refractivity contribution in [3.8, 4) is 0 Å². The van der Waals surface area contributed by atoms with Crippen molar-refractivity contribution in [3.05, 3.63) is 29.8 Å². The van der Waals surface area contributed by atoms with Gasteiger partial charge < -0.3 is 15.5 Å². The van der Waals surface area contributed by atoms with E-state index in [0.29, 0.717) is 18.2 Å². The SMILES string of the molecule is CN1CCC(N(C)C(=O)Cc2ccccc2N)CC1. The van der Waals surface area contributed by atoms with E-state index in [1.807, 2.05) is 36.2 Å². The van der Waals surface area contributed by atoms with E-state index in [2.05, 4.69) is 11.9 Å². The molecule has 0 radical (unpaired) electrons. The molecule has 1 aromatic carbocycles. The zero-order chi connectivity index (χ0) is 13.8. The number of amides is 1. The molecule has 19 heavy (non-hydrogen) atoms. The van der Waals surface area contributed by atoms with E-state index in [1.165, 1.54) is 0 Å². The predicted molar refractivity (Wildman–Crippen MR) is 77.8 cm³/mol. The van der Waals surface area contributed by atoms with Crippen molar-refractivity contribution < 1.29 is 4.79 Å². The molecule has 0 atom stereocenters. The van der Waals surface area contributed by atoms with Crippen molar-refractivity contribution in [2.45, 2.75) is 25.3 Å². The number of carbonyl (C=O) groups excluding carboxylic acids is 1. The van der Waals surface area contributed by atoms with Crippen molar-refractivity contribution in [1.82, 2.24) is 9.80 Å². The van der Waals surface area contributed by atoms with Gasteiger partial charge in [-0.3, -0.25) is 4.79 Å². The fourth-order valence-corrected chi connectivity index (χ4v) is 2.57. The molecular formula is C15H23N3O. The summed E-state index contributed by atoms with van der Waals surface area (Å²) >= 11 is 0. The van der Waals surface area contributed by atoms with Gasteiger partial charge >= 0.3 is 0 Å². The molecule has 4 nitrogen and oxygen atoms in total. The third-order valence-corrected chi connectivity index (χ3v) is 4.03. The van der Waals surface area contributed by atoms with Gasteiger partial charge in [-0.2, -0.15) is 0 Å². The number of hydrogen-bond donors (Lipinski definition) is 1. The summed E-state index contributed by atoms with van der Waals surface area (Å²) in [6.45, 7) is 2.13. The summed E-state index contributed by atoms with van der Waals surface area (Å²) in [7, 11) is 4.04. The average Bonchev–Trinajstić information content (AvgIpc) is 2.41. The molecule has 1 fully saturated rings. The molecule has 2 N–H and O–H groups in total. The van der Waals surface area contributed by atoms with E-state index >= 15 is 0 Å². The lowest BCUT2D eigenvalue weighted by atomic mass is 10.0. The third-order valence-electron chi connectivity index (χ3n) is 4.03. The fraction of sp³-hybridized carbons (Fsp3) is 0.533. The van der Waals surface area contributed by atoms with Crippen LogP contribution in [0.2, 0.25) is 0 Å². The van der Waals surface area contributed by atoms with Crippen molar-refractivity contribution in [1.29, 1.82) is 0 Å². The lowest BCUT2D eigenvalue weighted by molar-refractivity contribution is -0.132. The number of carbonyl (C=O) groups is 1. The van der Waals surface area contributed by atoms with Crippen LogP contribution in [0.25, 0.3) is 0 Å². The van der Waals surface area contributed by atoms with E-state index < -0.39 is 0 Å². The highest BCUT2D eigenvalue weighted by atomic mass is 16.2. The van der Waals surface area contributed by atoms with Gasteiger partial charge in [0.25, 0.3) is 0 Å². The number of para-hydroxylation sites is 1. The minimum absolute atomic E-state index is 0.160. The first kappa shape index (κ1) is 13.9. The second-order valence-electron chi connectivity index (χ2n) is 5.41. The highest BCUT2D eigenvalue weighted by molar-refractivity contribution is 5.80. The number of rotatable bonds is 3. The molecule has 104 valence electrons. The molecule has 0 unspecified atom stereocenters. The van der Waals surface area contributed by atoms with Crippen molar-refractivity contribution in [3.63, 3.8) is 0 Å². The quantitative estimate of drug-likeness (QED) is 0.836. The Morgan fingerprint density at radius 1 is 1.37 bits per heavy atom. The van der Waals surface area contributed by atoms with E-state index in [4.69, 9.17) is 5.73 Å². The molecule has 1 aliphatic heterocycles. The Morgan fingerprint density at radius 2 is 2.00 bits per heavy atom. The first-order chi connectivity index (χ1) is 9.08. The van der Waals surface area contributed by atoms with Crippen LogP contribution in [0.15, 0.2) is 24.3 Å². The van der Waals surface area contributed by atoms with Crippen LogP contribution in [-0.2, 0) is 11.2 Å². The van der Waals surface area contributed by atoms with E-state index in [-0.39, 0.29) is 5.91 Å². The minimum atomic E-state index is 0.160. The molecule has 1 aromatic rings. The summed E-state index contributed by atoms with van der Waals surface area (Å²) in [5.41, 5.74) is 7.51. The number of likely N-dealkylation sites (N-methyl/N-ethyl adjacent to an activating group) is 1. The van der Waals surface area contributed by atoms with E-state index in [0.717, 1.165) is 31.5 Å². The highest BCUT2D eigenvalue weighted by Gasteiger charge is 2.24. The number of anilines is 1.